The molecule has 1 aliphatic rings. The molecule has 27 heavy (non-hydrogen) atoms. The summed E-state index contributed by atoms with van der Waals surface area (Å²) in [5.41, 5.74) is -0.626. The molecule has 0 amide bonds. The van der Waals surface area contributed by atoms with Crippen LogP contribution in [0.15, 0.2) is 24.3 Å². The molecule has 1 saturated carbocycles. The third-order valence-corrected chi connectivity index (χ3v) is 5.93. The summed E-state index contributed by atoms with van der Waals surface area (Å²) in [7, 11) is 0. The van der Waals surface area contributed by atoms with Crippen molar-refractivity contribution in [3.8, 4) is 0 Å². The van der Waals surface area contributed by atoms with Gasteiger partial charge in [-0.1, -0.05) is 51.8 Å². The number of allylic oxidation sites excluding steroid dienone is 3. The average Bonchev–Trinajstić information content (AvgIpc) is 2.94. The van der Waals surface area contributed by atoms with E-state index in [1.165, 1.54) is 6.08 Å². The fourth-order valence-electron chi connectivity index (χ4n) is 3.74. The monoisotopic (exact) mass is 382 g/mol. The minimum atomic E-state index is -1.86. The minimum absolute atomic E-state index is 0.0972. The van der Waals surface area contributed by atoms with Crippen LogP contribution in [-0.2, 0) is 4.79 Å². The zero-order valence-electron chi connectivity index (χ0n) is 17.1. The fraction of sp³-hybridized carbons (Fsp3) is 0.773. The summed E-state index contributed by atoms with van der Waals surface area (Å²) in [6.07, 6.45) is 13.4. The van der Waals surface area contributed by atoms with Crippen LogP contribution in [0.2, 0.25) is 0 Å². The normalized spacial score (nSPS) is 24.3. The van der Waals surface area contributed by atoms with Gasteiger partial charge >= 0.3 is 5.97 Å². The van der Waals surface area contributed by atoms with E-state index in [1.54, 1.807) is 0 Å². The highest BCUT2D eigenvalue weighted by atomic mass is 16.5. The van der Waals surface area contributed by atoms with E-state index in [1.807, 2.05) is 32.1 Å². The molecular weight excluding hydrogens is 344 g/mol. The molecule has 0 aromatic heterocycles. The van der Waals surface area contributed by atoms with Crippen molar-refractivity contribution in [2.24, 2.45) is 17.3 Å². The quantitative estimate of drug-likeness (QED) is 0.302. The molecule has 3 atom stereocenters. The fourth-order valence-corrected chi connectivity index (χ4v) is 3.74. The standard InChI is InChI=1S/C22H38O5/c1-4-5-15-21(2,3)22(26,27)16-14-17-12-13-19(23)18(17)10-8-6-7-9-11-20(24)25/h6-7,14,16-19,23,26-27H,4-5,8-13,15H2,1-3H3,(H,24,25)/t17-,18+,19+/m0/s1. The van der Waals surface area contributed by atoms with Gasteiger partial charge in [0.05, 0.1) is 6.10 Å². The minimum Gasteiger partial charge on any atom is -0.481 e. The zero-order valence-corrected chi connectivity index (χ0v) is 17.1. The van der Waals surface area contributed by atoms with Crippen molar-refractivity contribution in [1.82, 2.24) is 0 Å². The first-order valence-electron chi connectivity index (χ1n) is 10.3. The van der Waals surface area contributed by atoms with Gasteiger partial charge in [-0.25, -0.2) is 0 Å². The molecule has 0 aromatic rings. The van der Waals surface area contributed by atoms with E-state index >= 15 is 0 Å². The van der Waals surface area contributed by atoms with E-state index in [-0.39, 0.29) is 24.4 Å². The molecular formula is C22H38O5. The predicted molar refractivity (Wildman–Crippen MR) is 107 cm³/mol. The van der Waals surface area contributed by atoms with Gasteiger partial charge < -0.3 is 20.4 Å². The van der Waals surface area contributed by atoms with Crippen LogP contribution in [0.5, 0.6) is 0 Å². The molecule has 1 fully saturated rings. The number of hydrogen-bond acceptors (Lipinski definition) is 4. The molecule has 1 aliphatic carbocycles. The van der Waals surface area contributed by atoms with Gasteiger partial charge in [-0.05, 0) is 56.4 Å². The molecule has 0 bridgehead atoms. The third-order valence-electron chi connectivity index (χ3n) is 5.93. The van der Waals surface area contributed by atoms with E-state index in [2.05, 4.69) is 6.92 Å². The molecule has 1 rings (SSSR count). The summed E-state index contributed by atoms with van der Waals surface area (Å²) in [6, 6.07) is 0. The lowest BCUT2D eigenvalue weighted by Crippen LogP contribution is -2.43. The van der Waals surface area contributed by atoms with Gasteiger partial charge in [-0.3, -0.25) is 4.79 Å². The maximum atomic E-state index is 10.5. The van der Waals surface area contributed by atoms with E-state index < -0.39 is 17.2 Å². The Labute approximate surface area is 163 Å². The zero-order chi connectivity index (χ0) is 20.5. The highest BCUT2D eigenvalue weighted by Gasteiger charge is 2.40. The van der Waals surface area contributed by atoms with Crippen molar-refractivity contribution in [2.45, 2.75) is 90.4 Å². The van der Waals surface area contributed by atoms with Gasteiger partial charge in [-0.15, -0.1) is 0 Å². The largest absolute Gasteiger partial charge is 0.481 e. The van der Waals surface area contributed by atoms with Gasteiger partial charge in [0.1, 0.15) is 0 Å². The van der Waals surface area contributed by atoms with Crippen LogP contribution in [0.25, 0.3) is 0 Å². The first kappa shape index (κ1) is 23.9. The maximum absolute atomic E-state index is 10.5. The number of aliphatic hydroxyl groups excluding tert-OH is 1. The molecule has 0 heterocycles. The summed E-state index contributed by atoms with van der Waals surface area (Å²) in [6.45, 7) is 5.83. The number of aliphatic hydroxyl groups is 3. The van der Waals surface area contributed by atoms with Crippen LogP contribution in [0.3, 0.4) is 0 Å². The van der Waals surface area contributed by atoms with Crippen LogP contribution in [-0.4, -0.2) is 38.3 Å². The van der Waals surface area contributed by atoms with Crippen molar-refractivity contribution < 1.29 is 25.2 Å². The average molecular weight is 383 g/mol. The Balaban J connectivity index is 2.61. The SMILES string of the molecule is CCCCC(C)(C)C(O)(O)C=C[C@@H]1CC[C@@H](O)[C@@H]1CCC=CCCC(=O)O. The van der Waals surface area contributed by atoms with Gasteiger partial charge in [0.2, 0.25) is 0 Å². The number of carbonyl (C=O) groups is 1. The summed E-state index contributed by atoms with van der Waals surface area (Å²) in [5, 5.41) is 40.0. The van der Waals surface area contributed by atoms with E-state index in [0.717, 1.165) is 44.9 Å². The Morgan fingerprint density at radius 1 is 1.15 bits per heavy atom. The third kappa shape index (κ3) is 7.76. The van der Waals surface area contributed by atoms with E-state index in [9.17, 15) is 20.1 Å². The van der Waals surface area contributed by atoms with Crippen LogP contribution in [0.1, 0.15) is 78.6 Å². The Morgan fingerprint density at radius 2 is 1.81 bits per heavy atom. The Kier molecular flexibility index (Phi) is 9.71. The Hall–Kier alpha value is -1.17. The van der Waals surface area contributed by atoms with Gasteiger partial charge in [0.15, 0.2) is 5.79 Å². The Morgan fingerprint density at radius 3 is 2.44 bits per heavy atom. The first-order chi connectivity index (χ1) is 12.6. The van der Waals surface area contributed by atoms with E-state index in [0.29, 0.717) is 6.42 Å². The van der Waals surface area contributed by atoms with Crippen molar-refractivity contribution in [3.05, 3.63) is 24.3 Å². The molecule has 156 valence electrons. The topological polar surface area (TPSA) is 98.0 Å². The van der Waals surface area contributed by atoms with Crippen molar-refractivity contribution >= 4 is 5.97 Å². The lowest BCUT2D eigenvalue weighted by Gasteiger charge is -2.36. The molecule has 5 nitrogen and oxygen atoms in total. The number of carboxylic acid groups (broad SMARTS) is 1. The summed E-state index contributed by atoms with van der Waals surface area (Å²) < 4.78 is 0. The van der Waals surface area contributed by atoms with E-state index in [4.69, 9.17) is 5.11 Å². The first-order valence-corrected chi connectivity index (χ1v) is 10.3. The molecule has 0 aromatic carbocycles. The molecule has 0 unspecified atom stereocenters. The van der Waals surface area contributed by atoms with Crippen molar-refractivity contribution in [2.75, 3.05) is 0 Å². The number of carboxylic acids is 1. The molecule has 0 spiro atoms. The molecule has 4 N–H and O–H groups in total. The summed E-state index contributed by atoms with van der Waals surface area (Å²) in [4.78, 5) is 10.5. The second-order valence-corrected chi connectivity index (χ2v) is 8.53. The highest BCUT2D eigenvalue weighted by molar-refractivity contribution is 5.66. The smallest absolute Gasteiger partial charge is 0.303 e. The van der Waals surface area contributed by atoms with Crippen LogP contribution in [0, 0.1) is 17.3 Å². The van der Waals surface area contributed by atoms with Gasteiger partial charge in [0, 0.05) is 11.8 Å². The molecule has 0 saturated heterocycles. The second kappa shape index (κ2) is 11.0. The lowest BCUT2D eigenvalue weighted by atomic mass is 9.77. The summed E-state index contributed by atoms with van der Waals surface area (Å²) >= 11 is 0. The lowest BCUT2D eigenvalue weighted by molar-refractivity contribution is -0.197. The van der Waals surface area contributed by atoms with Gasteiger partial charge in [-0.2, -0.15) is 0 Å². The highest BCUT2D eigenvalue weighted by Crippen LogP contribution is 2.39. The molecule has 5 heteroatoms. The number of rotatable bonds is 12. The van der Waals surface area contributed by atoms with Crippen molar-refractivity contribution in [3.63, 3.8) is 0 Å². The van der Waals surface area contributed by atoms with Crippen molar-refractivity contribution in [1.29, 1.82) is 0 Å². The Bertz CT molecular complexity index is 507. The second-order valence-electron chi connectivity index (χ2n) is 8.53. The van der Waals surface area contributed by atoms with Gasteiger partial charge in [0.25, 0.3) is 0 Å². The molecule has 0 radical (unpaired) electrons. The predicted octanol–water partition coefficient (Wildman–Crippen LogP) is 4.03. The summed E-state index contributed by atoms with van der Waals surface area (Å²) in [5.74, 6) is -2.43. The van der Waals surface area contributed by atoms with Crippen LogP contribution in [0.4, 0.5) is 0 Å². The number of unbranched alkanes of at least 4 members (excludes halogenated alkanes) is 1. The number of aliphatic carboxylic acids is 1. The molecule has 0 aliphatic heterocycles. The maximum Gasteiger partial charge on any atom is 0.303 e. The number of hydrogen-bond donors (Lipinski definition) is 4. The van der Waals surface area contributed by atoms with Crippen LogP contribution >= 0.6 is 0 Å². The van der Waals surface area contributed by atoms with Crippen LogP contribution < -0.4 is 0 Å².